The minimum Gasteiger partial charge on any atom is -0.370 e. The summed E-state index contributed by atoms with van der Waals surface area (Å²) in [4.78, 5) is 4.24. The Hall–Kier alpha value is -1.60. The summed E-state index contributed by atoms with van der Waals surface area (Å²) in [6.45, 7) is 5.03. The van der Waals surface area contributed by atoms with Crippen molar-refractivity contribution < 1.29 is 8.42 Å². The van der Waals surface area contributed by atoms with E-state index in [0.29, 0.717) is 25.5 Å². The highest BCUT2D eigenvalue weighted by atomic mass is 32.2. The van der Waals surface area contributed by atoms with Gasteiger partial charge in [0.15, 0.2) is 5.96 Å². The zero-order valence-electron chi connectivity index (χ0n) is 13.5. The summed E-state index contributed by atoms with van der Waals surface area (Å²) in [6.07, 6.45) is 3.58. The number of aliphatic imine (C=N–C) groups is 1. The van der Waals surface area contributed by atoms with Crippen LogP contribution in [0.25, 0.3) is 0 Å². The zero-order chi connectivity index (χ0) is 16.6. The van der Waals surface area contributed by atoms with E-state index in [0.717, 1.165) is 24.8 Å². The molecule has 0 atom stereocenters. The van der Waals surface area contributed by atoms with E-state index in [-0.39, 0.29) is 0 Å². The monoisotopic (exact) mass is 326 g/mol. The standard InChI is InChI=1S/C15H26N4O2S/c1-4-12-8-6-9-13(5-2)14(12)19-15(16)17-10-7-11-18-22(3,20)21/h6,8-9,18H,4-5,7,10-11H2,1-3H3,(H3,16,17,19). The van der Waals surface area contributed by atoms with Crippen molar-refractivity contribution in [1.29, 1.82) is 0 Å². The van der Waals surface area contributed by atoms with Gasteiger partial charge in [-0.05, 0) is 30.4 Å². The van der Waals surface area contributed by atoms with Gasteiger partial charge in [-0.25, -0.2) is 13.1 Å². The van der Waals surface area contributed by atoms with Crippen LogP contribution >= 0.6 is 0 Å². The number of para-hydroxylation sites is 1. The molecule has 0 bridgehead atoms. The van der Waals surface area contributed by atoms with Gasteiger partial charge in [0.1, 0.15) is 0 Å². The highest BCUT2D eigenvalue weighted by Crippen LogP contribution is 2.22. The topological polar surface area (TPSA) is 96.6 Å². The zero-order valence-corrected chi connectivity index (χ0v) is 14.3. The molecule has 6 nitrogen and oxygen atoms in total. The maximum atomic E-state index is 10.9. The molecule has 0 radical (unpaired) electrons. The first kappa shape index (κ1) is 18.4. The molecule has 0 amide bonds. The van der Waals surface area contributed by atoms with Gasteiger partial charge in [0, 0.05) is 18.8 Å². The Bertz CT molecular complexity index is 590. The second-order valence-electron chi connectivity index (χ2n) is 5.07. The lowest BCUT2D eigenvalue weighted by Gasteiger charge is -2.14. The Balaban J connectivity index is 2.61. The number of sulfonamides is 1. The summed E-state index contributed by atoms with van der Waals surface area (Å²) >= 11 is 0. The van der Waals surface area contributed by atoms with Crippen LogP contribution in [-0.4, -0.2) is 33.7 Å². The number of guanidine groups is 1. The van der Waals surface area contributed by atoms with Crippen LogP contribution in [-0.2, 0) is 22.9 Å². The van der Waals surface area contributed by atoms with Crippen molar-refractivity contribution in [2.75, 3.05) is 24.7 Å². The van der Waals surface area contributed by atoms with E-state index in [1.165, 1.54) is 11.1 Å². The molecule has 7 heteroatoms. The fourth-order valence-electron chi connectivity index (χ4n) is 2.11. The number of nitrogens with one attached hydrogen (secondary N) is 2. The number of aryl methyl sites for hydroxylation is 2. The lowest BCUT2D eigenvalue weighted by atomic mass is 10.0. The Kier molecular flexibility index (Phi) is 7.34. The SMILES string of the molecule is CCc1cccc(CC)c1NC(N)=NCCCNS(C)(=O)=O. The first-order valence-electron chi connectivity index (χ1n) is 7.49. The maximum Gasteiger partial charge on any atom is 0.208 e. The largest absolute Gasteiger partial charge is 0.370 e. The van der Waals surface area contributed by atoms with E-state index >= 15 is 0 Å². The molecule has 0 saturated carbocycles. The predicted octanol–water partition coefficient (Wildman–Crippen LogP) is 1.48. The molecule has 1 aromatic rings. The van der Waals surface area contributed by atoms with Crippen LogP contribution in [0.15, 0.2) is 23.2 Å². The lowest BCUT2D eigenvalue weighted by molar-refractivity contribution is 0.586. The lowest BCUT2D eigenvalue weighted by Crippen LogP contribution is -2.26. The van der Waals surface area contributed by atoms with Crippen molar-refractivity contribution in [1.82, 2.24) is 4.72 Å². The van der Waals surface area contributed by atoms with Crippen molar-refractivity contribution in [2.24, 2.45) is 10.7 Å². The highest BCUT2D eigenvalue weighted by Gasteiger charge is 2.06. The molecular formula is C15H26N4O2S. The Morgan fingerprint density at radius 3 is 2.32 bits per heavy atom. The molecule has 124 valence electrons. The van der Waals surface area contributed by atoms with Gasteiger partial charge in [-0.1, -0.05) is 32.0 Å². The van der Waals surface area contributed by atoms with Gasteiger partial charge in [-0.15, -0.1) is 0 Å². The Morgan fingerprint density at radius 2 is 1.82 bits per heavy atom. The molecule has 0 heterocycles. The van der Waals surface area contributed by atoms with Gasteiger partial charge in [-0.2, -0.15) is 0 Å². The number of hydrogen-bond donors (Lipinski definition) is 3. The molecule has 1 aromatic carbocycles. The highest BCUT2D eigenvalue weighted by molar-refractivity contribution is 7.88. The van der Waals surface area contributed by atoms with Gasteiger partial charge >= 0.3 is 0 Å². The first-order valence-corrected chi connectivity index (χ1v) is 9.38. The molecule has 0 aliphatic rings. The molecule has 0 aliphatic heterocycles. The number of anilines is 1. The molecule has 0 spiro atoms. The summed E-state index contributed by atoms with van der Waals surface area (Å²) in [5, 5.41) is 3.18. The molecule has 0 unspecified atom stereocenters. The molecule has 4 N–H and O–H groups in total. The van der Waals surface area contributed by atoms with Gasteiger partial charge in [0.05, 0.1) is 6.26 Å². The Labute approximate surface area is 133 Å². The fourth-order valence-corrected chi connectivity index (χ4v) is 2.62. The summed E-state index contributed by atoms with van der Waals surface area (Å²) in [5.74, 6) is 0.356. The summed E-state index contributed by atoms with van der Waals surface area (Å²) in [5.41, 5.74) is 9.36. The number of benzene rings is 1. The van der Waals surface area contributed by atoms with Crippen molar-refractivity contribution in [3.63, 3.8) is 0 Å². The average Bonchev–Trinajstić information content (AvgIpc) is 2.45. The predicted molar refractivity (Wildman–Crippen MR) is 92.8 cm³/mol. The van der Waals surface area contributed by atoms with Crippen LogP contribution in [0.1, 0.15) is 31.4 Å². The van der Waals surface area contributed by atoms with Crippen molar-refractivity contribution in [3.8, 4) is 0 Å². The number of hydrogen-bond acceptors (Lipinski definition) is 3. The third-order valence-corrected chi connectivity index (χ3v) is 3.96. The van der Waals surface area contributed by atoms with Crippen LogP contribution < -0.4 is 15.8 Å². The molecule has 0 fully saturated rings. The van der Waals surface area contributed by atoms with Crippen LogP contribution in [0.5, 0.6) is 0 Å². The van der Waals surface area contributed by atoms with E-state index in [4.69, 9.17) is 5.73 Å². The third-order valence-electron chi connectivity index (χ3n) is 3.23. The maximum absolute atomic E-state index is 10.9. The molecule has 22 heavy (non-hydrogen) atoms. The van der Waals surface area contributed by atoms with Crippen LogP contribution in [0.2, 0.25) is 0 Å². The minimum absolute atomic E-state index is 0.356. The third kappa shape index (κ3) is 6.44. The van der Waals surface area contributed by atoms with Gasteiger partial charge in [0.25, 0.3) is 0 Å². The van der Waals surface area contributed by atoms with Crippen LogP contribution in [0.3, 0.4) is 0 Å². The van der Waals surface area contributed by atoms with E-state index in [1.54, 1.807) is 0 Å². The van der Waals surface area contributed by atoms with Crippen molar-refractivity contribution >= 4 is 21.7 Å². The second kappa shape index (κ2) is 8.75. The van der Waals surface area contributed by atoms with E-state index in [1.807, 2.05) is 6.07 Å². The first-order chi connectivity index (χ1) is 10.4. The fraction of sp³-hybridized carbons (Fsp3) is 0.533. The quantitative estimate of drug-likeness (QED) is 0.383. The molecule has 1 rings (SSSR count). The van der Waals surface area contributed by atoms with Crippen LogP contribution in [0, 0.1) is 0 Å². The second-order valence-corrected chi connectivity index (χ2v) is 6.90. The minimum atomic E-state index is -3.14. The summed E-state index contributed by atoms with van der Waals surface area (Å²) in [6, 6.07) is 6.20. The Morgan fingerprint density at radius 1 is 1.23 bits per heavy atom. The smallest absolute Gasteiger partial charge is 0.208 e. The molecular weight excluding hydrogens is 300 g/mol. The van der Waals surface area contributed by atoms with Crippen LogP contribution in [0.4, 0.5) is 5.69 Å². The van der Waals surface area contributed by atoms with E-state index < -0.39 is 10.0 Å². The normalized spacial score (nSPS) is 12.4. The van der Waals surface area contributed by atoms with Crippen molar-refractivity contribution in [3.05, 3.63) is 29.3 Å². The summed E-state index contributed by atoms with van der Waals surface area (Å²) < 4.78 is 24.3. The average molecular weight is 326 g/mol. The molecule has 0 aromatic heterocycles. The van der Waals surface area contributed by atoms with E-state index in [9.17, 15) is 8.42 Å². The van der Waals surface area contributed by atoms with Crippen molar-refractivity contribution in [2.45, 2.75) is 33.1 Å². The summed E-state index contributed by atoms with van der Waals surface area (Å²) in [7, 11) is -3.14. The molecule has 0 aliphatic carbocycles. The number of nitrogens with zero attached hydrogens (tertiary/aromatic N) is 1. The van der Waals surface area contributed by atoms with Gasteiger partial charge in [-0.3, -0.25) is 4.99 Å². The van der Waals surface area contributed by atoms with Gasteiger partial charge < -0.3 is 11.1 Å². The van der Waals surface area contributed by atoms with E-state index in [2.05, 4.69) is 41.0 Å². The number of rotatable bonds is 8. The number of nitrogens with two attached hydrogens (primary N) is 1. The van der Waals surface area contributed by atoms with Gasteiger partial charge in [0.2, 0.25) is 10.0 Å². The molecule has 0 saturated heterocycles.